The van der Waals surface area contributed by atoms with Crippen LogP contribution in [0, 0.1) is 41.4 Å². The maximum Gasteiger partial charge on any atom is 0.411 e. The van der Waals surface area contributed by atoms with Crippen molar-refractivity contribution in [2.75, 3.05) is 37.4 Å². The lowest BCUT2D eigenvalue weighted by Crippen LogP contribution is -2.58. The number of terminal acetylenes is 1. The summed E-state index contributed by atoms with van der Waals surface area (Å²) in [6, 6.07) is 9.15. The van der Waals surface area contributed by atoms with Gasteiger partial charge in [-0.2, -0.15) is 0 Å². The highest BCUT2D eigenvalue weighted by atomic mass is 32.1. The van der Waals surface area contributed by atoms with Crippen LogP contribution in [0.25, 0.3) is 0 Å². The topological polar surface area (TPSA) is 333 Å². The Labute approximate surface area is 515 Å². The molecule has 0 radical (unpaired) electrons. The Morgan fingerprint density at radius 3 is 2.16 bits per heavy atom. The van der Waals surface area contributed by atoms with E-state index in [4.69, 9.17) is 32.2 Å². The lowest BCUT2D eigenvalue weighted by atomic mass is 9.84. The van der Waals surface area contributed by atoms with E-state index in [-0.39, 0.29) is 97.5 Å². The number of ether oxygens (including phenoxy) is 2. The number of carboxylic acid groups (broad SMARTS) is 1. The SMILES string of the molecule is C#CCCCON(C(=O)[C@@H](NC(=O)[C@H]1CCCCN1C)[C@@H](C)CC)[C@H](C[C@@H](OC(C)=O)c1nc(C(=O)N[C@@H](Cc2ccc(NC(=O)OCc3ccc(NC(=O)[C@H](CCCNC(N)=O)CC(=O)[C@@H](N)C(C)C)cc3)cc2)CC(C)(C)C(=O)O)cs1)C(C)C. The molecule has 478 valence electrons. The number of nitrogens with two attached hydrogens (primary N) is 2. The second-order valence-corrected chi connectivity index (χ2v) is 24.7. The number of thiazole rings is 1. The molecule has 0 bridgehead atoms. The average Bonchev–Trinajstić information content (AvgIpc) is 3.41. The van der Waals surface area contributed by atoms with Crippen LogP contribution in [0.2, 0.25) is 0 Å². The maximum atomic E-state index is 14.9. The predicted octanol–water partition coefficient (Wildman–Crippen LogP) is 7.89. The number of carbonyl (C=O) groups is 9. The Bertz CT molecular complexity index is 2820. The summed E-state index contributed by atoms with van der Waals surface area (Å²) < 4.78 is 11.4. The number of likely N-dealkylation sites (tertiary alicyclic amines) is 1. The molecule has 24 heteroatoms. The Kier molecular flexibility index (Phi) is 29.3. The van der Waals surface area contributed by atoms with Crippen molar-refractivity contribution in [3.8, 4) is 12.3 Å². The second-order valence-electron chi connectivity index (χ2n) is 23.8. The molecule has 23 nitrogen and oxygen atoms in total. The number of anilines is 2. The molecule has 4 rings (SSSR count). The van der Waals surface area contributed by atoms with Gasteiger partial charge in [-0.3, -0.25) is 48.6 Å². The number of hydroxylamine groups is 2. The molecular weight excluding hydrogens is 1140 g/mol. The van der Waals surface area contributed by atoms with Crippen LogP contribution in [0.1, 0.15) is 166 Å². The maximum absolute atomic E-state index is 14.9. The Morgan fingerprint density at radius 2 is 1.57 bits per heavy atom. The van der Waals surface area contributed by atoms with Crippen molar-refractivity contribution >= 4 is 76.2 Å². The monoisotopic (exact) mass is 1230 g/mol. The number of hydrogen-bond donors (Lipinski definition) is 8. The lowest BCUT2D eigenvalue weighted by Gasteiger charge is -2.39. The van der Waals surface area contributed by atoms with E-state index >= 15 is 0 Å². The Hall–Kier alpha value is -7.46. The van der Waals surface area contributed by atoms with Crippen molar-refractivity contribution < 1.29 is 62.6 Å². The summed E-state index contributed by atoms with van der Waals surface area (Å²) in [6.07, 6.45) is 8.58. The van der Waals surface area contributed by atoms with E-state index in [1.54, 1.807) is 62.4 Å². The summed E-state index contributed by atoms with van der Waals surface area (Å²) in [4.78, 5) is 131. The van der Waals surface area contributed by atoms with Crippen LogP contribution in [0.5, 0.6) is 0 Å². The van der Waals surface area contributed by atoms with Crippen LogP contribution >= 0.6 is 11.3 Å². The highest BCUT2D eigenvalue weighted by Gasteiger charge is 2.40. The van der Waals surface area contributed by atoms with E-state index in [2.05, 4.69) is 37.5 Å². The minimum atomic E-state index is -1.27. The van der Waals surface area contributed by atoms with Gasteiger partial charge in [-0.1, -0.05) is 78.6 Å². The Morgan fingerprint density at radius 1 is 0.920 bits per heavy atom. The number of aromatic nitrogens is 1. The smallest absolute Gasteiger partial charge is 0.411 e. The number of rotatable bonds is 35. The number of nitrogens with zero attached hydrogens (tertiary/aromatic N) is 3. The summed E-state index contributed by atoms with van der Waals surface area (Å²) in [5.74, 6) is -2.42. The van der Waals surface area contributed by atoms with Crippen LogP contribution in [-0.4, -0.2) is 130 Å². The Balaban J connectivity index is 1.46. The van der Waals surface area contributed by atoms with Gasteiger partial charge >= 0.3 is 24.1 Å². The number of carboxylic acids is 1. The number of likely N-dealkylation sites (N-methyl/N-ethyl adjacent to an activating group) is 1. The van der Waals surface area contributed by atoms with Crippen molar-refractivity contribution in [2.24, 2.45) is 40.6 Å². The number of ketones is 1. The minimum absolute atomic E-state index is 0.0109. The second kappa shape index (κ2) is 35.4. The largest absolute Gasteiger partial charge is 0.481 e. The molecule has 10 N–H and O–H groups in total. The highest BCUT2D eigenvalue weighted by molar-refractivity contribution is 7.09. The van der Waals surface area contributed by atoms with Gasteiger partial charge in [0.05, 0.1) is 30.1 Å². The molecule has 2 aromatic carbocycles. The third-order valence-electron chi connectivity index (χ3n) is 15.5. The first-order valence-electron chi connectivity index (χ1n) is 29.9. The van der Waals surface area contributed by atoms with E-state index < -0.39 is 77.5 Å². The molecule has 2 heterocycles. The van der Waals surface area contributed by atoms with E-state index in [9.17, 15) is 48.3 Å². The number of aliphatic carboxylic acids is 1. The van der Waals surface area contributed by atoms with Gasteiger partial charge in [-0.15, -0.1) is 23.7 Å². The molecule has 1 aromatic heterocycles. The first kappa shape index (κ1) is 72.0. The van der Waals surface area contributed by atoms with Crippen LogP contribution in [-0.2, 0) is 56.1 Å². The van der Waals surface area contributed by atoms with Gasteiger partial charge in [-0.05, 0) is 126 Å². The highest BCUT2D eigenvalue weighted by Crippen LogP contribution is 2.33. The van der Waals surface area contributed by atoms with Gasteiger partial charge in [-0.25, -0.2) is 19.6 Å². The van der Waals surface area contributed by atoms with Gasteiger partial charge in [0.1, 0.15) is 23.4 Å². The quantitative estimate of drug-likeness (QED) is 0.0120. The number of benzene rings is 2. The van der Waals surface area contributed by atoms with Gasteiger partial charge in [0.25, 0.3) is 11.8 Å². The molecule has 1 saturated heterocycles. The molecule has 1 aliphatic rings. The zero-order valence-electron chi connectivity index (χ0n) is 52.1. The van der Waals surface area contributed by atoms with E-state index in [0.717, 1.165) is 30.7 Å². The minimum Gasteiger partial charge on any atom is -0.481 e. The number of urea groups is 1. The van der Waals surface area contributed by atoms with Crippen molar-refractivity contribution in [3.63, 3.8) is 0 Å². The van der Waals surface area contributed by atoms with E-state index in [1.807, 2.05) is 53.5 Å². The van der Waals surface area contributed by atoms with Crippen LogP contribution in [0.3, 0.4) is 0 Å². The lowest BCUT2D eigenvalue weighted by molar-refractivity contribution is -0.213. The van der Waals surface area contributed by atoms with Crippen molar-refractivity contribution in [3.05, 3.63) is 75.7 Å². The van der Waals surface area contributed by atoms with Crippen molar-refractivity contribution in [2.45, 2.75) is 182 Å². The first-order chi connectivity index (χ1) is 41.1. The number of amides is 7. The van der Waals surface area contributed by atoms with Crippen LogP contribution < -0.4 is 38.1 Å². The number of primary amides is 1. The fraction of sp³-hybridized carbons (Fsp3) is 0.587. The van der Waals surface area contributed by atoms with E-state index in [1.165, 1.54) is 17.4 Å². The van der Waals surface area contributed by atoms with Crippen molar-refractivity contribution in [1.29, 1.82) is 0 Å². The molecule has 1 aliphatic heterocycles. The molecule has 87 heavy (non-hydrogen) atoms. The average molecular weight is 1230 g/mol. The van der Waals surface area contributed by atoms with Gasteiger partial charge < -0.3 is 47.3 Å². The molecule has 0 spiro atoms. The van der Waals surface area contributed by atoms with Gasteiger partial charge in [0.2, 0.25) is 11.8 Å². The number of nitrogens with one attached hydrogen (secondary N) is 5. The number of hydrogen-bond acceptors (Lipinski definition) is 16. The zero-order chi connectivity index (χ0) is 64.5. The molecule has 0 saturated carbocycles. The number of piperidine rings is 1. The summed E-state index contributed by atoms with van der Waals surface area (Å²) in [5.41, 5.74) is 12.1. The number of esters is 1. The molecular formula is C63H92N10O13S. The van der Waals surface area contributed by atoms with Crippen LogP contribution in [0.4, 0.5) is 21.0 Å². The summed E-state index contributed by atoms with van der Waals surface area (Å²) in [5, 5.41) is 27.3. The first-order valence-corrected chi connectivity index (χ1v) is 30.8. The molecule has 7 amide bonds. The normalized spacial score (nSPS) is 15.9. The van der Waals surface area contributed by atoms with Gasteiger partial charge in [0.15, 0.2) is 11.9 Å². The molecule has 1 fully saturated rings. The summed E-state index contributed by atoms with van der Waals surface area (Å²) in [7, 11) is 1.90. The molecule has 3 aromatic rings. The van der Waals surface area contributed by atoms with E-state index in [0.29, 0.717) is 61.0 Å². The summed E-state index contributed by atoms with van der Waals surface area (Å²) in [6.45, 7) is 16.6. The molecule has 8 atom stereocenters. The third-order valence-corrected chi connectivity index (χ3v) is 16.4. The number of Topliss-reactive ketones (excluding diaryl/α,β-unsaturated/α-hetero) is 1. The predicted molar refractivity (Wildman–Crippen MR) is 331 cm³/mol. The summed E-state index contributed by atoms with van der Waals surface area (Å²) >= 11 is 1.08. The fourth-order valence-electron chi connectivity index (χ4n) is 9.95. The third kappa shape index (κ3) is 23.6. The molecule has 0 unspecified atom stereocenters. The standard InChI is InChI=1S/C63H92N10O13S/c1-12-14-17-31-85-73(59(79)54(40(7)13-2)71-57(78)49-20-15-16-30-72(49)11)50(38(3)4)34-52(86-41(8)74)58-70-48(37-87-58)56(77)68-47(35-63(9,10)60(80)81)32-42-21-25-46(26-22-42)69-62(83)84-36-43-23-27-45(28-24-43)67-55(76)44(19-18-29-66-61(65)82)33-51(75)53(64)39(5)6/h1,21-28,37-40,44,47,49-50,52-54H,13-20,29-36,64H2,2-11H3,(H,67,76)(H,68,77)(H,69,83)(H,71,78)(H,80,81)(H3,65,66,82)/t40-,44+,47-,49+,50+,52+,53-,54-/m0/s1. The number of carbonyl (C=O) groups excluding carboxylic acids is 8. The van der Waals surface area contributed by atoms with Crippen molar-refractivity contribution in [1.82, 2.24) is 30.9 Å². The zero-order valence-corrected chi connectivity index (χ0v) is 52.9. The molecule has 0 aliphatic carbocycles. The fourth-order valence-corrected chi connectivity index (χ4v) is 10.8. The van der Waals surface area contributed by atoms with Gasteiger partial charge in [0, 0.05) is 61.4 Å². The van der Waals surface area contributed by atoms with Crippen LogP contribution in [0.15, 0.2) is 53.9 Å². The number of unbranched alkanes of at least 4 members (excludes halogenated alkanes) is 1.